The van der Waals surface area contributed by atoms with Crippen molar-refractivity contribution in [1.29, 1.82) is 0 Å². The van der Waals surface area contributed by atoms with Crippen LogP contribution in [-0.2, 0) is 10.0 Å². The van der Waals surface area contributed by atoms with Gasteiger partial charge in [0, 0.05) is 5.02 Å². The predicted octanol–water partition coefficient (Wildman–Crippen LogP) is 4.50. The van der Waals surface area contributed by atoms with Gasteiger partial charge < -0.3 is 4.74 Å². The molecule has 2 aromatic carbocycles. The molecule has 22 heavy (non-hydrogen) atoms. The standard InChI is InChI=1S/C15H15Cl2NO3S/c1-3-21-15-8-7-11(9-13(15)17)22(19,20)18-14-6-4-5-12(16)10(14)2/h4-9,18H,3H2,1-2H3. The van der Waals surface area contributed by atoms with Crippen LogP contribution in [0.4, 0.5) is 5.69 Å². The van der Waals surface area contributed by atoms with E-state index in [-0.39, 0.29) is 9.92 Å². The van der Waals surface area contributed by atoms with Gasteiger partial charge >= 0.3 is 0 Å². The largest absolute Gasteiger partial charge is 0.492 e. The van der Waals surface area contributed by atoms with Gasteiger partial charge in [0.15, 0.2) is 0 Å². The average Bonchev–Trinajstić information content (AvgIpc) is 2.46. The molecule has 0 heterocycles. The Hall–Kier alpha value is -1.43. The summed E-state index contributed by atoms with van der Waals surface area (Å²) in [6, 6.07) is 9.36. The summed E-state index contributed by atoms with van der Waals surface area (Å²) in [4.78, 5) is 0.0559. The molecule has 0 radical (unpaired) electrons. The second-order valence-electron chi connectivity index (χ2n) is 4.54. The summed E-state index contributed by atoms with van der Waals surface area (Å²) in [6.45, 7) is 4.02. The van der Waals surface area contributed by atoms with Gasteiger partial charge in [0.05, 0.1) is 22.2 Å². The van der Waals surface area contributed by atoms with E-state index < -0.39 is 10.0 Å². The number of benzene rings is 2. The van der Waals surface area contributed by atoms with Crippen molar-refractivity contribution in [3.8, 4) is 5.75 Å². The van der Waals surface area contributed by atoms with E-state index in [0.717, 1.165) is 0 Å². The van der Waals surface area contributed by atoms with Crippen LogP contribution >= 0.6 is 23.2 Å². The maximum absolute atomic E-state index is 12.4. The van der Waals surface area contributed by atoms with Crippen molar-refractivity contribution in [1.82, 2.24) is 0 Å². The zero-order valence-corrected chi connectivity index (χ0v) is 14.4. The summed E-state index contributed by atoms with van der Waals surface area (Å²) >= 11 is 12.0. The number of halogens is 2. The number of nitrogens with one attached hydrogen (secondary N) is 1. The second kappa shape index (κ2) is 6.77. The summed E-state index contributed by atoms with van der Waals surface area (Å²) in [6.07, 6.45) is 0. The molecule has 0 aromatic heterocycles. The number of ether oxygens (including phenoxy) is 1. The Morgan fingerprint density at radius 3 is 2.50 bits per heavy atom. The van der Waals surface area contributed by atoms with E-state index in [2.05, 4.69) is 4.72 Å². The molecular formula is C15H15Cl2NO3S. The fourth-order valence-corrected chi connectivity index (χ4v) is 3.47. The molecular weight excluding hydrogens is 345 g/mol. The summed E-state index contributed by atoms with van der Waals surface area (Å²) < 4.78 is 32.7. The van der Waals surface area contributed by atoms with Gasteiger partial charge in [0.1, 0.15) is 5.75 Å². The highest BCUT2D eigenvalue weighted by atomic mass is 35.5. The van der Waals surface area contributed by atoms with Crippen molar-refractivity contribution in [2.24, 2.45) is 0 Å². The zero-order valence-electron chi connectivity index (χ0n) is 12.1. The molecule has 0 amide bonds. The quantitative estimate of drug-likeness (QED) is 0.854. The van der Waals surface area contributed by atoms with Crippen LogP contribution in [0.5, 0.6) is 5.75 Å². The summed E-state index contributed by atoms with van der Waals surface area (Å²) in [5.41, 5.74) is 1.09. The monoisotopic (exact) mass is 359 g/mol. The third-order valence-electron chi connectivity index (χ3n) is 3.03. The minimum absolute atomic E-state index is 0.0559. The van der Waals surface area contributed by atoms with Crippen molar-refractivity contribution < 1.29 is 13.2 Å². The topological polar surface area (TPSA) is 55.4 Å². The fraction of sp³-hybridized carbons (Fsp3) is 0.200. The third kappa shape index (κ3) is 3.66. The summed E-state index contributed by atoms with van der Waals surface area (Å²) in [7, 11) is -3.76. The van der Waals surface area contributed by atoms with Crippen molar-refractivity contribution in [3.63, 3.8) is 0 Å². The van der Waals surface area contributed by atoms with Gasteiger partial charge in [0.25, 0.3) is 10.0 Å². The fourth-order valence-electron chi connectivity index (χ4n) is 1.84. The average molecular weight is 360 g/mol. The molecule has 0 atom stereocenters. The Bertz CT molecular complexity index is 791. The minimum Gasteiger partial charge on any atom is -0.492 e. The molecule has 1 N–H and O–H groups in total. The molecule has 0 saturated carbocycles. The summed E-state index contributed by atoms with van der Waals surface area (Å²) in [5, 5.41) is 0.734. The van der Waals surface area contributed by atoms with Gasteiger partial charge in [-0.1, -0.05) is 29.3 Å². The van der Waals surface area contributed by atoms with Crippen LogP contribution in [0.2, 0.25) is 10.0 Å². The molecule has 0 aliphatic heterocycles. The first-order valence-electron chi connectivity index (χ1n) is 6.55. The van der Waals surface area contributed by atoms with Crippen LogP contribution < -0.4 is 9.46 Å². The molecule has 2 aromatic rings. The van der Waals surface area contributed by atoms with E-state index in [0.29, 0.717) is 28.6 Å². The first-order chi connectivity index (χ1) is 10.3. The lowest BCUT2D eigenvalue weighted by Gasteiger charge is -2.12. The van der Waals surface area contributed by atoms with E-state index in [1.165, 1.54) is 18.2 Å². The molecule has 0 unspecified atom stereocenters. The molecule has 2 rings (SSSR count). The van der Waals surface area contributed by atoms with Gasteiger partial charge in [-0.05, 0) is 49.7 Å². The number of hydrogen-bond acceptors (Lipinski definition) is 3. The lowest BCUT2D eigenvalue weighted by Crippen LogP contribution is -2.14. The molecule has 0 fully saturated rings. The number of rotatable bonds is 5. The lowest BCUT2D eigenvalue weighted by atomic mass is 10.2. The highest BCUT2D eigenvalue weighted by Crippen LogP contribution is 2.29. The molecule has 118 valence electrons. The number of hydrogen-bond donors (Lipinski definition) is 1. The van der Waals surface area contributed by atoms with Gasteiger partial charge in [-0.2, -0.15) is 0 Å². The molecule has 0 saturated heterocycles. The molecule has 0 aliphatic rings. The SMILES string of the molecule is CCOc1ccc(S(=O)(=O)Nc2cccc(Cl)c2C)cc1Cl. The number of anilines is 1. The molecule has 4 nitrogen and oxygen atoms in total. The van der Waals surface area contributed by atoms with Crippen LogP contribution in [0.1, 0.15) is 12.5 Å². The van der Waals surface area contributed by atoms with Crippen LogP contribution in [0.3, 0.4) is 0 Å². The first kappa shape index (κ1) is 16.9. The molecule has 0 bridgehead atoms. The summed E-state index contributed by atoms with van der Waals surface area (Å²) in [5.74, 6) is 0.446. The minimum atomic E-state index is -3.76. The highest BCUT2D eigenvalue weighted by molar-refractivity contribution is 7.92. The van der Waals surface area contributed by atoms with Gasteiger partial charge in [-0.25, -0.2) is 8.42 Å². The molecule has 7 heteroatoms. The maximum Gasteiger partial charge on any atom is 0.261 e. The highest BCUT2D eigenvalue weighted by Gasteiger charge is 2.17. The van der Waals surface area contributed by atoms with Crippen LogP contribution in [0.25, 0.3) is 0 Å². The third-order valence-corrected chi connectivity index (χ3v) is 5.09. The van der Waals surface area contributed by atoms with Crippen molar-refractivity contribution in [2.45, 2.75) is 18.7 Å². The number of sulfonamides is 1. The van der Waals surface area contributed by atoms with Gasteiger partial charge in [-0.15, -0.1) is 0 Å². The van der Waals surface area contributed by atoms with Gasteiger partial charge in [0.2, 0.25) is 0 Å². The lowest BCUT2D eigenvalue weighted by molar-refractivity contribution is 0.340. The maximum atomic E-state index is 12.4. The van der Waals surface area contributed by atoms with Crippen molar-refractivity contribution in [3.05, 3.63) is 52.0 Å². The predicted molar refractivity (Wildman–Crippen MR) is 89.6 cm³/mol. The Labute approximate surface area is 140 Å². The van der Waals surface area contributed by atoms with Gasteiger partial charge in [-0.3, -0.25) is 4.72 Å². The van der Waals surface area contributed by atoms with Crippen molar-refractivity contribution >= 4 is 38.9 Å². The molecule has 0 aliphatic carbocycles. The Kier molecular flexibility index (Phi) is 5.21. The van der Waals surface area contributed by atoms with E-state index >= 15 is 0 Å². The van der Waals surface area contributed by atoms with E-state index in [9.17, 15) is 8.42 Å². The van der Waals surface area contributed by atoms with Crippen molar-refractivity contribution in [2.75, 3.05) is 11.3 Å². The van der Waals surface area contributed by atoms with E-state index in [1.54, 1.807) is 25.1 Å². The molecule has 0 spiro atoms. The van der Waals surface area contributed by atoms with E-state index in [1.807, 2.05) is 6.92 Å². The van der Waals surface area contributed by atoms with Crippen LogP contribution in [0, 0.1) is 6.92 Å². The second-order valence-corrected chi connectivity index (χ2v) is 7.04. The smallest absolute Gasteiger partial charge is 0.261 e. The van der Waals surface area contributed by atoms with Crippen LogP contribution in [-0.4, -0.2) is 15.0 Å². The first-order valence-corrected chi connectivity index (χ1v) is 8.79. The Morgan fingerprint density at radius 1 is 1.14 bits per heavy atom. The zero-order chi connectivity index (χ0) is 16.3. The van der Waals surface area contributed by atoms with E-state index in [4.69, 9.17) is 27.9 Å². The normalized spacial score (nSPS) is 11.3. The Morgan fingerprint density at radius 2 is 1.86 bits per heavy atom. The van der Waals surface area contributed by atoms with Crippen LogP contribution in [0.15, 0.2) is 41.3 Å². The Balaban J connectivity index is 2.35.